The third-order valence-corrected chi connectivity index (χ3v) is 8.19. The van der Waals surface area contributed by atoms with Crippen LogP contribution in [0.3, 0.4) is 0 Å². The molecule has 42 heavy (non-hydrogen) atoms. The molecule has 0 amide bonds. The summed E-state index contributed by atoms with van der Waals surface area (Å²) in [6.07, 6.45) is -3.43. The van der Waals surface area contributed by atoms with Gasteiger partial charge in [0.05, 0.1) is 24.8 Å². The minimum absolute atomic E-state index is 0.0699. The van der Waals surface area contributed by atoms with Crippen LogP contribution in [0.25, 0.3) is 10.9 Å². The van der Waals surface area contributed by atoms with Gasteiger partial charge in [0.25, 0.3) is 5.92 Å². The zero-order chi connectivity index (χ0) is 30.4. The van der Waals surface area contributed by atoms with Gasteiger partial charge in [0.1, 0.15) is 18.2 Å². The highest BCUT2D eigenvalue weighted by atomic mass is 19.4. The number of hydrogen-bond donors (Lipinski definition) is 3. The Morgan fingerprint density at radius 1 is 1.07 bits per heavy atom. The maximum absolute atomic E-state index is 15.8. The Balaban J connectivity index is 1.55. The Labute approximate surface area is 237 Å². The molecule has 0 unspecified atom stereocenters. The summed E-state index contributed by atoms with van der Waals surface area (Å²) in [5.41, 5.74) is -0.631. The van der Waals surface area contributed by atoms with E-state index in [-0.39, 0.29) is 29.4 Å². The van der Waals surface area contributed by atoms with E-state index in [4.69, 9.17) is 0 Å². The van der Waals surface area contributed by atoms with Crippen molar-refractivity contribution in [3.8, 4) is 0 Å². The predicted octanol–water partition coefficient (Wildman–Crippen LogP) is 6.27. The van der Waals surface area contributed by atoms with Crippen LogP contribution in [-0.2, 0) is 12.6 Å². The van der Waals surface area contributed by atoms with Crippen LogP contribution >= 0.6 is 0 Å². The van der Waals surface area contributed by atoms with Crippen molar-refractivity contribution < 1.29 is 40.2 Å². The van der Waals surface area contributed by atoms with Crippen molar-refractivity contribution in [3.63, 3.8) is 0 Å². The van der Waals surface area contributed by atoms with Gasteiger partial charge >= 0.3 is 6.18 Å². The van der Waals surface area contributed by atoms with Gasteiger partial charge in [-0.15, -0.1) is 0 Å². The first-order valence-corrected chi connectivity index (χ1v) is 13.8. The molecule has 230 valence electrons. The fourth-order valence-electron chi connectivity index (χ4n) is 6.21. The summed E-state index contributed by atoms with van der Waals surface area (Å²) in [6, 6.07) is 2.96. The van der Waals surface area contributed by atoms with Gasteiger partial charge in [-0.05, 0) is 56.0 Å². The van der Waals surface area contributed by atoms with Gasteiger partial charge in [0.15, 0.2) is 0 Å². The predicted molar refractivity (Wildman–Crippen MR) is 142 cm³/mol. The van der Waals surface area contributed by atoms with E-state index < -0.39 is 66.8 Å². The number of halogens is 8. The highest BCUT2D eigenvalue weighted by molar-refractivity contribution is 5.86. The van der Waals surface area contributed by atoms with Gasteiger partial charge in [-0.25, -0.2) is 17.6 Å². The van der Waals surface area contributed by atoms with Gasteiger partial charge in [-0.1, -0.05) is 6.07 Å². The van der Waals surface area contributed by atoms with Gasteiger partial charge in [-0.3, -0.25) is 9.29 Å². The number of aromatic nitrogens is 1. The number of aromatic amines is 1. The first kappa shape index (κ1) is 30.6. The number of aliphatic hydroxyl groups is 1. The molecule has 3 heterocycles. The zero-order valence-corrected chi connectivity index (χ0v) is 22.8. The number of anilines is 1. The van der Waals surface area contributed by atoms with Crippen LogP contribution in [0.1, 0.15) is 48.2 Å². The number of nitrogens with zero attached hydrogens (tertiary/aromatic N) is 2. The van der Waals surface area contributed by atoms with E-state index in [0.717, 1.165) is 24.3 Å². The Morgan fingerprint density at radius 2 is 1.79 bits per heavy atom. The molecule has 3 N–H and O–H groups in total. The monoisotopic (exact) mass is 604 g/mol. The number of rotatable bonds is 9. The number of benzene rings is 2. The molecule has 13 heteroatoms. The number of aliphatic hydroxyl groups excluding tert-OH is 1. The Morgan fingerprint density at radius 3 is 2.43 bits per heavy atom. The molecule has 0 radical (unpaired) electrons. The average Bonchev–Trinajstić information content (AvgIpc) is 3.51. The average molecular weight is 605 g/mol. The van der Waals surface area contributed by atoms with E-state index in [0.29, 0.717) is 43.4 Å². The topological polar surface area (TPSA) is 54.5 Å². The second kappa shape index (κ2) is 11.6. The molecule has 2 aliphatic heterocycles. The van der Waals surface area contributed by atoms with Gasteiger partial charge in [-0.2, -0.15) is 13.2 Å². The molecule has 0 bridgehead atoms. The molecule has 2 aliphatic rings. The van der Waals surface area contributed by atoms with Crippen molar-refractivity contribution in [2.45, 2.75) is 56.4 Å². The number of likely N-dealkylation sites (tertiary alicyclic amines) is 1. The lowest BCUT2D eigenvalue weighted by molar-refractivity contribution is -0.137. The Hall–Kier alpha value is -2.90. The van der Waals surface area contributed by atoms with E-state index in [2.05, 4.69) is 10.3 Å². The highest BCUT2D eigenvalue weighted by Gasteiger charge is 2.44. The normalized spacial score (nSPS) is 22.2. The number of alkyl halides is 6. The smallest absolute Gasteiger partial charge is 0.390 e. The fraction of sp³-hybridized carbons (Fsp3) is 0.517. The van der Waals surface area contributed by atoms with E-state index in [9.17, 15) is 31.4 Å². The van der Waals surface area contributed by atoms with E-state index in [1.54, 1.807) is 6.92 Å². The second-order valence-electron chi connectivity index (χ2n) is 11.2. The lowest BCUT2D eigenvalue weighted by Crippen LogP contribution is -2.49. The van der Waals surface area contributed by atoms with Crippen molar-refractivity contribution >= 4 is 16.6 Å². The summed E-state index contributed by atoms with van der Waals surface area (Å²) >= 11 is 0. The third-order valence-electron chi connectivity index (χ3n) is 8.19. The number of H-pyrrole nitrogens is 1. The summed E-state index contributed by atoms with van der Waals surface area (Å²) < 4.78 is 113. The van der Waals surface area contributed by atoms with E-state index in [1.165, 1.54) is 11.0 Å². The van der Waals surface area contributed by atoms with Crippen LogP contribution in [0.5, 0.6) is 0 Å². The molecule has 5 nitrogen and oxygen atoms in total. The molecule has 0 saturated carbocycles. The molecular weight excluding hydrogens is 572 g/mol. The van der Waals surface area contributed by atoms with Crippen molar-refractivity contribution in [2.75, 3.05) is 44.8 Å². The number of hydrogen-bond acceptors (Lipinski definition) is 4. The molecule has 1 fully saturated rings. The van der Waals surface area contributed by atoms with Gasteiger partial charge < -0.3 is 20.3 Å². The lowest BCUT2D eigenvalue weighted by atomic mass is 9.87. The van der Waals surface area contributed by atoms with E-state index >= 15 is 8.78 Å². The van der Waals surface area contributed by atoms with Crippen molar-refractivity contribution in [2.24, 2.45) is 0 Å². The zero-order valence-electron chi connectivity index (χ0n) is 22.8. The molecule has 0 spiro atoms. The molecule has 3 aromatic rings. The van der Waals surface area contributed by atoms with Crippen LogP contribution in [0.4, 0.5) is 40.8 Å². The van der Waals surface area contributed by atoms with Crippen molar-refractivity contribution in [1.29, 1.82) is 0 Å². The minimum atomic E-state index is -4.63. The maximum atomic E-state index is 15.8. The Kier molecular flexibility index (Phi) is 8.47. The fourth-order valence-corrected chi connectivity index (χ4v) is 6.21. The van der Waals surface area contributed by atoms with Crippen LogP contribution in [0, 0.1) is 11.6 Å². The maximum Gasteiger partial charge on any atom is 0.416 e. The number of nitrogens with one attached hydrogen (secondary N) is 2. The summed E-state index contributed by atoms with van der Waals surface area (Å²) in [5.74, 6) is -5.63. The van der Waals surface area contributed by atoms with Crippen LogP contribution in [0.2, 0.25) is 0 Å². The first-order chi connectivity index (χ1) is 19.8. The standard InChI is InChI=1S/C29H32F8N4O/c1-16-9-21-20-4-3-17(29(35,36)37)10-24(20)39-26(21)27(41(16)14-28(33,34)15-42)25-22(31)11-19(12-23(25)32)38-18-5-8-40(13-18)7-2-6-30/h3-4,10-12,16,18,27,38-39,42H,2,5-9,13-15H2,1H3/t16-,18+,27-/m1/s1. The lowest BCUT2D eigenvalue weighted by Gasteiger charge is -2.42. The first-order valence-electron chi connectivity index (χ1n) is 13.8. The van der Waals surface area contributed by atoms with E-state index in [1.807, 2.05) is 4.90 Å². The largest absolute Gasteiger partial charge is 0.416 e. The molecule has 1 aromatic heterocycles. The summed E-state index contributed by atoms with van der Waals surface area (Å²) in [7, 11) is 0. The molecule has 0 aliphatic carbocycles. The third kappa shape index (κ3) is 6.09. The highest BCUT2D eigenvalue weighted by Crippen LogP contribution is 2.44. The molecule has 5 rings (SSSR count). The molecule has 1 saturated heterocycles. The minimum Gasteiger partial charge on any atom is -0.390 e. The van der Waals surface area contributed by atoms with Crippen LogP contribution < -0.4 is 5.32 Å². The SMILES string of the molecule is C[C@@H]1Cc2c([nH]c3cc(C(F)(F)F)ccc23)[C@@H](c2c(F)cc(N[C@H]3CCN(CCCF)C3)cc2F)N1CC(F)(F)CO. The molecule has 3 atom stereocenters. The van der Waals surface area contributed by atoms with Crippen LogP contribution in [0.15, 0.2) is 30.3 Å². The quantitative estimate of drug-likeness (QED) is 0.252. The van der Waals surface area contributed by atoms with Crippen LogP contribution in [-0.4, -0.2) is 77.4 Å². The molecule has 2 aromatic carbocycles. The second-order valence-corrected chi connectivity index (χ2v) is 11.2. The van der Waals surface area contributed by atoms with Crippen molar-refractivity contribution in [1.82, 2.24) is 14.8 Å². The summed E-state index contributed by atoms with van der Waals surface area (Å²) in [4.78, 5) is 6.07. The number of fused-ring (bicyclic) bond motifs is 3. The van der Waals surface area contributed by atoms with Gasteiger partial charge in [0, 0.05) is 59.6 Å². The summed E-state index contributed by atoms with van der Waals surface area (Å²) in [6.45, 7) is 0.466. The Bertz CT molecular complexity index is 1400. The van der Waals surface area contributed by atoms with Crippen molar-refractivity contribution in [3.05, 3.63) is 64.4 Å². The molecular formula is C29H32F8N4O. The van der Waals surface area contributed by atoms with Gasteiger partial charge in [0.2, 0.25) is 0 Å². The summed E-state index contributed by atoms with van der Waals surface area (Å²) in [5, 5.41) is 12.8.